The van der Waals surface area contributed by atoms with Crippen LogP contribution in [0.15, 0.2) is 52.8 Å². The Morgan fingerprint density at radius 1 is 1.08 bits per heavy atom. The minimum absolute atomic E-state index is 0.000376. The smallest absolute Gasteiger partial charge is 0.265 e. The molecule has 0 bridgehead atoms. The molecule has 0 spiro atoms. The molecule has 0 aliphatic heterocycles. The Bertz CT molecular complexity index is 1710. The number of sulfonamides is 1. The van der Waals surface area contributed by atoms with Crippen LogP contribution >= 0.6 is 11.6 Å². The van der Waals surface area contributed by atoms with Crippen LogP contribution in [0.4, 0.5) is 10.1 Å². The normalized spacial score (nSPS) is 12.8. The fourth-order valence-corrected chi connectivity index (χ4v) is 6.19. The van der Waals surface area contributed by atoms with Crippen molar-refractivity contribution in [1.29, 1.82) is 0 Å². The van der Waals surface area contributed by atoms with E-state index in [4.69, 9.17) is 16.3 Å². The van der Waals surface area contributed by atoms with Crippen molar-refractivity contribution in [3.63, 3.8) is 0 Å². The van der Waals surface area contributed by atoms with Crippen LogP contribution in [-0.4, -0.2) is 47.9 Å². The zero-order chi connectivity index (χ0) is 26.6. The number of anilines is 1. The summed E-state index contributed by atoms with van der Waals surface area (Å²) in [5.74, 6) is -1.16. The quantitative estimate of drug-likeness (QED) is 0.382. The Balaban J connectivity index is 1.89. The summed E-state index contributed by atoms with van der Waals surface area (Å²) in [7, 11) is -5.18. The molecule has 3 aromatic heterocycles. The Kier molecular flexibility index (Phi) is 6.30. The van der Waals surface area contributed by atoms with Crippen molar-refractivity contribution in [1.82, 2.24) is 19.2 Å². The molecule has 10 nitrogen and oxygen atoms in total. The summed E-state index contributed by atoms with van der Waals surface area (Å²) < 4.78 is 76.0. The third-order valence-corrected chi connectivity index (χ3v) is 9.70. The number of pyridine rings is 1. The second-order valence-corrected chi connectivity index (χ2v) is 13.7. The van der Waals surface area contributed by atoms with Crippen LogP contribution < -0.4 is 9.46 Å². The summed E-state index contributed by atoms with van der Waals surface area (Å²) in [4.78, 5) is 4.01. The molecule has 0 unspecified atom stereocenters. The molecule has 1 N–H and O–H groups in total. The van der Waals surface area contributed by atoms with Gasteiger partial charge >= 0.3 is 0 Å². The first-order valence-electron chi connectivity index (χ1n) is 10.5. The predicted molar refractivity (Wildman–Crippen MR) is 133 cm³/mol. The van der Waals surface area contributed by atoms with Crippen molar-refractivity contribution in [2.75, 3.05) is 11.8 Å². The van der Waals surface area contributed by atoms with Crippen LogP contribution in [0.25, 0.3) is 16.9 Å². The lowest BCUT2D eigenvalue weighted by molar-refractivity contribution is 0.389. The van der Waals surface area contributed by atoms with Crippen LogP contribution in [0, 0.1) is 5.82 Å². The van der Waals surface area contributed by atoms with Gasteiger partial charge in [-0.15, -0.1) is 0 Å². The number of imidazole rings is 1. The third-order valence-electron chi connectivity index (χ3n) is 5.44. The minimum Gasteiger partial charge on any atom is -0.492 e. The molecule has 36 heavy (non-hydrogen) atoms. The van der Waals surface area contributed by atoms with E-state index in [1.165, 1.54) is 46.9 Å². The number of methoxy groups -OCH3 is 1. The van der Waals surface area contributed by atoms with Crippen LogP contribution in [0.5, 0.6) is 5.75 Å². The van der Waals surface area contributed by atoms with E-state index in [2.05, 4.69) is 14.8 Å². The topological polar surface area (TPSA) is 125 Å². The van der Waals surface area contributed by atoms with Gasteiger partial charge in [-0.2, -0.15) is 5.10 Å². The molecule has 4 aromatic rings. The fraction of sp³-hybridized carbons (Fsp3) is 0.273. The third kappa shape index (κ3) is 4.42. The molecular weight excluding hydrogens is 533 g/mol. The maximum absolute atomic E-state index is 15.1. The summed E-state index contributed by atoms with van der Waals surface area (Å²) in [6.45, 7) is 4.66. The molecule has 14 heteroatoms. The van der Waals surface area contributed by atoms with E-state index in [1.54, 1.807) is 27.8 Å². The van der Waals surface area contributed by atoms with Crippen molar-refractivity contribution in [2.45, 2.75) is 35.3 Å². The number of hydrogen-bond acceptors (Lipinski definition) is 7. The maximum atomic E-state index is 15.1. The number of aromatic nitrogens is 4. The summed E-state index contributed by atoms with van der Waals surface area (Å²) in [6, 6.07) is 3.90. The van der Waals surface area contributed by atoms with E-state index in [0.29, 0.717) is 11.3 Å². The largest absolute Gasteiger partial charge is 0.492 e. The molecular formula is C22H23ClFN5O5S2. The van der Waals surface area contributed by atoms with Crippen molar-refractivity contribution >= 4 is 42.8 Å². The van der Waals surface area contributed by atoms with E-state index in [9.17, 15) is 16.8 Å². The number of sulfone groups is 1. The molecule has 0 fully saturated rings. The number of fused-ring (bicyclic) bond motifs is 1. The van der Waals surface area contributed by atoms with Gasteiger partial charge < -0.3 is 4.74 Å². The molecule has 1 aromatic carbocycles. The Labute approximate surface area is 212 Å². The van der Waals surface area contributed by atoms with Crippen molar-refractivity contribution < 1.29 is 26.0 Å². The van der Waals surface area contributed by atoms with Crippen LogP contribution in [0.3, 0.4) is 0 Å². The highest BCUT2D eigenvalue weighted by atomic mass is 35.5. The van der Waals surface area contributed by atoms with Gasteiger partial charge in [-0.3, -0.25) is 13.8 Å². The van der Waals surface area contributed by atoms with Gasteiger partial charge in [0.25, 0.3) is 10.0 Å². The van der Waals surface area contributed by atoms with E-state index in [0.717, 1.165) is 12.3 Å². The lowest BCUT2D eigenvalue weighted by Crippen LogP contribution is -2.28. The number of ether oxygens (including phenoxy) is 1. The van der Waals surface area contributed by atoms with Crippen molar-refractivity contribution in [3.05, 3.63) is 53.8 Å². The highest BCUT2D eigenvalue weighted by Gasteiger charge is 2.33. The van der Waals surface area contributed by atoms with Crippen molar-refractivity contribution in [3.8, 4) is 17.0 Å². The molecule has 0 amide bonds. The standard InChI is InChI=1S/C22H23ClFN5O5S2/c1-22(2,3)35(30,31)19-12-29-18(10-25-20(29)8-15(19)23)13-6-16(24)21(34-5)17(7-13)27-36(32,33)14-9-26-28(4)11-14/h6-12,27H,1-5H3. The first-order chi connectivity index (χ1) is 16.7. The predicted octanol–water partition coefficient (Wildman–Crippen LogP) is 3.91. The SMILES string of the molecule is COc1c(F)cc(-c2cnc3cc(Cl)c(S(=O)(=O)C(C)(C)C)cn23)cc1NS(=O)(=O)c1cnn(C)c1. The number of aryl methyl sites for hydroxylation is 1. The molecule has 0 aliphatic rings. The summed E-state index contributed by atoms with van der Waals surface area (Å²) in [5.41, 5.74) is 0.667. The van der Waals surface area contributed by atoms with Gasteiger partial charge in [0, 0.05) is 31.1 Å². The average molecular weight is 556 g/mol. The zero-order valence-corrected chi connectivity index (χ0v) is 22.3. The number of nitrogens with one attached hydrogen (secondary N) is 1. The van der Waals surface area contributed by atoms with Gasteiger partial charge in [-0.25, -0.2) is 26.2 Å². The number of benzene rings is 1. The van der Waals surface area contributed by atoms with E-state index in [-0.39, 0.29) is 31.8 Å². The number of nitrogens with zero attached hydrogens (tertiary/aromatic N) is 4. The Morgan fingerprint density at radius 3 is 2.36 bits per heavy atom. The number of rotatable bonds is 6. The molecule has 0 aliphatic carbocycles. The average Bonchev–Trinajstić information content (AvgIpc) is 3.38. The van der Waals surface area contributed by atoms with E-state index < -0.39 is 30.4 Å². The summed E-state index contributed by atoms with van der Waals surface area (Å²) >= 11 is 6.28. The molecule has 192 valence electrons. The Morgan fingerprint density at radius 2 is 1.78 bits per heavy atom. The molecule has 0 saturated carbocycles. The number of hydrogen-bond donors (Lipinski definition) is 1. The van der Waals surface area contributed by atoms with E-state index in [1.807, 2.05) is 0 Å². The van der Waals surface area contributed by atoms with Gasteiger partial charge in [0.15, 0.2) is 21.4 Å². The lowest BCUT2D eigenvalue weighted by atomic mass is 10.1. The van der Waals surface area contributed by atoms with Crippen molar-refractivity contribution in [2.24, 2.45) is 7.05 Å². The van der Waals surface area contributed by atoms with Gasteiger partial charge in [0.1, 0.15) is 15.4 Å². The van der Waals surface area contributed by atoms with E-state index >= 15 is 4.39 Å². The van der Waals surface area contributed by atoms with Crippen LogP contribution in [0.2, 0.25) is 5.02 Å². The summed E-state index contributed by atoms with van der Waals surface area (Å²) in [5, 5.41) is 3.85. The highest BCUT2D eigenvalue weighted by molar-refractivity contribution is 7.93. The van der Waals surface area contributed by atoms with Gasteiger partial charge in [0.2, 0.25) is 0 Å². The van der Waals surface area contributed by atoms with Gasteiger partial charge in [-0.1, -0.05) is 11.6 Å². The van der Waals surface area contributed by atoms with Gasteiger partial charge in [0.05, 0.1) is 40.7 Å². The molecule has 4 rings (SSSR count). The molecule has 0 radical (unpaired) electrons. The number of halogens is 2. The monoisotopic (exact) mass is 555 g/mol. The second-order valence-electron chi connectivity index (χ2n) is 8.97. The first kappa shape index (κ1) is 25.9. The lowest BCUT2D eigenvalue weighted by Gasteiger charge is -2.20. The molecule has 0 atom stereocenters. The highest BCUT2D eigenvalue weighted by Crippen LogP contribution is 2.37. The zero-order valence-electron chi connectivity index (χ0n) is 19.9. The minimum atomic E-state index is -4.12. The molecule has 0 saturated heterocycles. The fourth-order valence-electron chi connectivity index (χ4n) is 3.49. The maximum Gasteiger partial charge on any atom is 0.265 e. The van der Waals surface area contributed by atoms with Gasteiger partial charge in [-0.05, 0) is 32.9 Å². The van der Waals surface area contributed by atoms with Crippen LogP contribution in [0.1, 0.15) is 20.8 Å². The first-order valence-corrected chi connectivity index (χ1v) is 13.8. The van der Waals surface area contributed by atoms with Crippen LogP contribution in [-0.2, 0) is 26.9 Å². The Hall–Kier alpha value is -3.16. The summed E-state index contributed by atoms with van der Waals surface area (Å²) in [6.07, 6.45) is 5.17. The second kappa shape index (κ2) is 8.75. The molecule has 3 heterocycles.